The standard InChI is InChI=1S/C24H33N5O3S/c1-15(9-10-25-23(30)32-24(3,4)5)11-18-14-33-22(29-18)28-17-7-8-19(20(12-17)31-6)21-26-13-16(2)27-21/h7-8,12-15H,9-11H2,1-6H3,(H,25,30)(H,26,27)(H,28,29)/t15-/m0/s1. The number of ether oxygens (including phenoxy) is 2. The summed E-state index contributed by atoms with van der Waals surface area (Å²) >= 11 is 1.57. The number of alkyl carbamates (subject to hydrolysis) is 1. The predicted octanol–water partition coefficient (Wildman–Crippen LogP) is 5.69. The van der Waals surface area contributed by atoms with E-state index in [2.05, 4.69) is 32.9 Å². The number of hydrogen-bond acceptors (Lipinski definition) is 7. The van der Waals surface area contributed by atoms with Crippen LogP contribution in [-0.4, -0.2) is 40.3 Å². The van der Waals surface area contributed by atoms with E-state index in [1.54, 1.807) is 24.6 Å². The highest BCUT2D eigenvalue weighted by Gasteiger charge is 2.16. The summed E-state index contributed by atoms with van der Waals surface area (Å²) in [6, 6.07) is 5.91. The molecule has 3 rings (SSSR count). The molecule has 1 atom stereocenters. The van der Waals surface area contributed by atoms with E-state index in [-0.39, 0.29) is 6.09 Å². The lowest BCUT2D eigenvalue weighted by molar-refractivity contribution is 0.0525. The van der Waals surface area contributed by atoms with Crippen LogP contribution in [0.25, 0.3) is 11.4 Å². The van der Waals surface area contributed by atoms with E-state index < -0.39 is 5.60 Å². The summed E-state index contributed by atoms with van der Waals surface area (Å²) in [5, 5.41) is 9.06. The molecule has 0 aliphatic heterocycles. The van der Waals surface area contributed by atoms with Gasteiger partial charge in [0.2, 0.25) is 0 Å². The van der Waals surface area contributed by atoms with E-state index in [1.807, 2.05) is 45.9 Å². The van der Waals surface area contributed by atoms with Gasteiger partial charge in [0.05, 0.1) is 18.4 Å². The third-order valence-electron chi connectivity index (χ3n) is 4.83. The molecular formula is C24H33N5O3S. The van der Waals surface area contributed by atoms with Crippen molar-refractivity contribution < 1.29 is 14.3 Å². The molecule has 0 saturated carbocycles. The maximum absolute atomic E-state index is 11.8. The van der Waals surface area contributed by atoms with Crippen molar-refractivity contribution in [3.8, 4) is 17.1 Å². The molecule has 0 saturated heterocycles. The zero-order valence-electron chi connectivity index (χ0n) is 20.1. The SMILES string of the molecule is COc1cc(Nc2nc(C[C@@H](C)CCNC(=O)OC(C)(C)C)cs2)ccc1-c1ncc(C)[nH]1. The smallest absolute Gasteiger partial charge is 0.407 e. The number of nitrogens with zero attached hydrogens (tertiary/aromatic N) is 2. The van der Waals surface area contributed by atoms with Gasteiger partial charge in [0.15, 0.2) is 5.13 Å². The van der Waals surface area contributed by atoms with Crippen LogP contribution in [0.15, 0.2) is 29.8 Å². The first-order valence-electron chi connectivity index (χ1n) is 11.0. The molecular weight excluding hydrogens is 438 g/mol. The Morgan fingerprint density at radius 3 is 2.76 bits per heavy atom. The monoisotopic (exact) mass is 471 g/mol. The summed E-state index contributed by atoms with van der Waals surface area (Å²) in [5.41, 5.74) is 3.35. The lowest BCUT2D eigenvalue weighted by Crippen LogP contribution is -2.33. The number of imidazole rings is 1. The molecule has 1 aromatic carbocycles. The van der Waals surface area contributed by atoms with Gasteiger partial charge in [-0.25, -0.2) is 14.8 Å². The van der Waals surface area contributed by atoms with Crippen molar-refractivity contribution in [2.24, 2.45) is 5.92 Å². The summed E-state index contributed by atoms with van der Waals surface area (Å²) < 4.78 is 10.8. The molecule has 33 heavy (non-hydrogen) atoms. The van der Waals surface area contributed by atoms with Crippen LogP contribution in [0.3, 0.4) is 0 Å². The van der Waals surface area contributed by atoms with Crippen LogP contribution in [0, 0.1) is 12.8 Å². The van der Waals surface area contributed by atoms with Gasteiger partial charge in [0.25, 0.3) is 0 Å². The quantitative estimate of drug-likeness (QED) is 0.371. The summed E-state index contributed by atoms with van der Waals surface area (Å²) in [6.45, 7) is 10.3. The van der Waals surface area contributed by atoms with Gasteiger partial charge in [-0.1, -0.05) is 6.92 Å². The second-order valence-electron chi connectivity index (χ2n) is 9.13. The maximum Gasteiger partial charge on any atom is 0.407 e. The fourth-order valence-electron chi connectivity index (χ4n) is 3.29. The lowest BCUT2D eigenvalue weighted by Gasteiger charge is -2.20. The number of aryl methyl sites for hydroxylation is 1. The van der Waals surface area contributed by atoms with Crippen LogP contribution in [-0.2, 0) is 11.2 Å². The predicted molar refractivity (Wildman–Crippen MR) is 132 cm³/mol. The first kappa shape index (κ1) is 24.6. The average Bonchev–Trinajstić information content (AvgIpc) is 3.35. The molecule has 8 nitrogen and oxygen atoms in total. The van der Waals surface area contributed by atoms with Crippen LogP contribution in [0.4, 0.5) is 15.6 Å². The third-order valence-corrected chi connectivity index (χ3v) is 5.63. The minimum Gasteiger partial charge on any atom is -0.496 e. The van der Waals surface area contributed by atoms with Gasteiger partial charge in [-0.2, -0.15) is 0 Å². The number of rotatable bonds is 9. The Morgan fingerprint density at radius 2 is 2.09 bits per heavy atom. The number of aromatic nitrogens is 3. The molecule has 0 radical (unpaired) electrons. The molecule has 2 heterocycles. The molecule has 9 heteroatoms. The van der Waals surface area contributed by atoms with Crippen LogP contribution >= 0.6 is 11.3 Å². The summed E-state index contributed by atoms with van der Waals surface area (Å²) in [5.74, 6) is 1.89. The van der Waals surface area contributed by atoms with Gasteiger partial charge in [-0.3, -0.25) is 0 Å². The highest BCUT2D eigenvalue weighted by atomic mass is 32.1. The molecule has 0 aliphatic rings. The van der Waals surface area contributed by atoms with E-state index in [9.17, 15) is 4.79 Å². The van der Waals surface area contributed by atoms with Crippen molar-refractivity contribution in [2.45, 2.75) is 53.1 Å². The van der Waals surface area contributed by atoms with Crippen molar-refractivity contribution in [2.75, 3.05) is 19.0 Å². The Hall–Kier alpha value is -3.07. The van der Waals surface area contributed by atoms with Gasteiger partial charge in [-0.05, 0) is 58.6 Å². The second kappa shape index (κ2) is 10.7. The van der Waals surface area contributed by atoms with E-state index in [4.69, 9.17) is 14.5 Å². The van der Waals surface area contributed by atoms with E-state index in [0.717, 1.165) is 52.2 Å². The Kier molecular flexibility index (Phi) is 7.97. The number of aromatic amines is 1. The lowest BCUT2D eigenvalue weighted by atomic mass is 10.0. The minimum absolute atomic E-state index is 0.376. The zero-order valence-corrected chi connectivity index (χ0v) is 20.9. The van der Waals surface area contributed by atoms with Gasteiger partial charge >= 0.3 is 6.09 Å². The second-order valence-corrected chi connectivity index (χ2v) is 9.98. The Morgan fingerprint density at radius 1 is 1.30 bits per heavy atom. The van der Waals surface area contributed by atoms with Crippen molar-refractivity contribution in [3.63, 3.8) is 0 Å². The summed E-state index contributed by atoms with van der Waals surface area (Å²) in [4.78, 5) is 24.1. The Balaban J connectivity index is 1.52. The number of nitrogens with one attached hydrogen (secondary N) is 3. The molecule has 3 aromatic rings. The molecule has 0 unspecified atom stereocenters. The van der Waals surface area contributed by atoms with Gasteiger partial charge in [0, 0.05) is 35.6 Å². The minimum atomic E-state index is -0.484. The third kappa shape index (κ3) is 7.49. The summed E-state index contributed by atoms with van der Waals surface area (Å²) in [6.07, 6.45) is 3.12. The molecule has 0 fully saturated rings. The number of thiazole rings is 1. The van der Waals surface area contributed by atoms with Gasteiger partial charge < -0.3 is 25.1 Å². The highest BCUT2D eigenvalue weighted by Crippen LogP contribution is 2.32. The molecule has 0 aliphatic carbocycles. The first-order valence-corrected chi connectivity index (χ1v) is 11.9. The van der Waals surface area contributed by atoms with E-state index >= 15 is 0 Å². The molecule has 3 N–H and O–H groups in total. The molecule has 0 spiro atoms. The van der Waals surface area contributed by atoms with E-state index in [1.165, 1.54) is 0 Å². The molecule has 1 amide bonds. The number of H-pyrrole nitrogens is 1. The number of hydrogen-bond donors (Lipinski definition) is 3. The van der Waals surface area contributed by atoms with Gasteiger partial charge in [-0.15, -0.1) is 11.3 Å². The maximum atomic E-state index is 11.8. The highest BCUT2D eigenvalue weighted by molar-refractivity contribution is 7.13. The van der Waals surface area contributed by atoms with Crippen molar-refractivity contribution in [1.29, 1.82) is 0 Å². The number of carbonyl (C=O) groups is 1. The van der Waals surface area contributed by atoms with E-state index in [0.29, 0.717) is 12.5 Å². The topological polar surface area (TPSA) is 101 Å². The molecule has 2 aromatic heterocycles. The average molecular weight is 472 g/mol. The van der Waals surface area contributed by atoms with Crippen LogP contribution in [0.2, 0.25) is 0 Å². The summed E-state index contributed by atoms with van der Waals surface area (Å²) in [7, 11) is 1.65. The number of carbonyl (C=O) groups excluding carboxylic acids is 1. The Labute approximate surface area is 199 Å². The fraction of sp³-hybridized carbons (Fsp3) is 0.458. The van der Waals surface area contributed by atoms with Crippen LogP contribution in [0.1, 0.15) is 45.5 Å². The van der Waals surface area contributed by atoms with Crippen molar-refractivity contribution >= 4 is 28.2 Å². The fourth-order valence-corrected chi connectivity index (χ4v) is 4.03. The zero-order chi connectivity index (χ0) is 24.0. The number of amides is 1. The largest absolute Gasteiger partial charge is 0.496 e. The Bertz CT molecular complexity index is 1070. The normalized spacial score (nSPS) is 12.3. The van der Waals surface area contributed by atoms with Crippen LogP contribution < -0.4 is 15.4 Å². The number of benzene rings is 1. The number of anilines is 2. The van der Waals surface area contributed by atoms with Crippen LogP contribution in [0.5, 0.6) is 5.75 Å². The molecule has 178 valence electrons. The number of methoxy groups -OCH3 is 1. The first-order chi connectivity index (χ1) is 15.6. The molecule has 0 bridgehead atoms. The van der Waals surface area contributed by atoms with Crippen molar-refractivity contribution in [3.05, 3.63) is 41.2 Å². The van der Waals surface area contributed by atoms with Crippen molar-refractivity contribution in [1.82, 2.24) is 20.3 Å². The van der Waals surface area contributed by atoms with Gasteiger partial charge in [0.1, 0.15) is 17.2 Å².